The highest BCUT2D eigenvalue weighted by Crippen LogP contribution is 2.04. The van der Waals surface area contributed by atoms with E-state index >= 15 is 0 Å². The summed E-state index contributed by atoms with van der Waals surface area (Å²) in [6.07, 6.45) is 3.01. The lowest BCUT2D eigenvalue weighted by Gasteiger charge is -2.08. The number of aromatic nitrogens is 3. The van der Waals surface area contributed by atoms with Gasteiger partial charge < -0.3 is 5.73 Å². The minimum absolute atomic E-state index is 0.0722. The molecule has 2 heterocycles. The van der Waals surface area contributed by atoms with E-state index in [1.54, 1.807) is 11.6 Å². The summed E-state index contributed by atoms with van der Waals surface area (Å²) in [7, 11) is 0. The van der Waals surface area contributed by atoms with Crippen molar-refractivity contribution < 1.29 is 0 Å². The van der Waals surface area contributed by atoms with Crippen molar-refractivity contribution in [3.8, 4) is 0 Å². The average Bonchev–Trinajstić information content (AvgIpc) is 2.82. The van der Waals surface area contributed by atoms with Crippen molar-refractivity contribution >= 4 is 17.0 Å². The number of nitrogens with zero attached hydrogens (tertiary/aromatic N) is 3. The fourth-order valence-corrected chi connectivity index (χ4v) is 2.11. The third kappa shape index (κ3) is 2.14. The monoisotopic (exact) mass is 252 g/mol. The van der Waals surface area contributed by atoms with Crippen LogP contribution in [0.5, 0.6) is 0 Å². The molecule has 6 nitrogen and oxygen atoms in total. The molecule has 0 aliphatic heterocycles. The van der Waals surface area contributed by atoms with Crippen molar-refractivity contribution in [3.05, 3.63) is 43.6 Å². The standard InChI is InChI=1S/C10H12N4O2S/c1-2-13-5-7(11)9(15)14(10(13)16)6-8-12-3-4-17-8/h3-5H,2,6,11H2,1H3. The molecule has 0 spiro atoms. The van der Waals surface area contributed by atoms with Crippen LogP contribution in [-0.2, 0) is 13.1 Å². The Hall–Kier alpha value is -1.89. The molecule has 7 heteroatoms. The van der Waals surface area contributed by atoms with Crippen molar-refractivity contribution in [2.45, 2.75) is 20.0 Å². The molecule has 90 valence electrons. The summed E-state index contributed by atoms with van der Waals surface area (Å²) in [6, 6.07) is 0. The van der Waals surface area contributed by atoms with E-state index < -0.39 is 5.56 Å². The van der Waals surface area contributed by atoms with Crippen LogP contribution >= 0.6 is 11.3 Å². The van der Waals surface area contributed by atoms with Crippen LogP contribution in [0.4, 0.5) is 5.69 Å². The fourth-order valence-electron chi connectivity index (χ4n) is 1.51. The van der Waals surface area contributed by atoms with Gasteiger partial charge >= 0.3 is 5.69 Å². The van der Waals surface area contributed by atoms with Gasteiger partial charge in [-0.15, -0.1) is 11.3 Å². The SMILES string of the molecule is CCn1cc(N)c(=O)n(Cc2nccs2)c1=O. The van der Waals surface area contributed by atoms with Gasteiger partial charge in [0, 0.05) is 24.3 Å². The predicted octanol–water partition coefficient (Wildman–Crippen LogP) is 0.117. The number of nitrogen functional groups attached to an aromatic ring is 1. The van der Waals surface area contributed by atoms with Crippen LogP contribution in [0.1, 0.15) is 11.9 Å². The second-order valence-corrected chi connectivity index (χ2v) is 4.45. The molecular weight excluding hydrogens is 240 g/mol. The average molecular weight is 252 g/mol. The molecule has 0 atom stereocenters. The van der Waals surface area contributed by atoms with Crippen molar-refractivity contribution in [2.75, 3.05) is 5.73 Å². The van der Waals surface area contributed by atoms with Crippen LogP contribution < -0.4 is 17.0 Å². The van der Waals surface area contributed by atoms with Gasteiger partial charge in [-0.25, -0.2) is 9.78 Å². The van der Waals surface area contributed by atoms with Gasteiger partial charge in [-0.05, 0) is 6.92 Å². The third-order valence-electron chi connectivity index (χ3n) is 2.38. The molecule has 2 rings (SSSR count). The quantitative estimate of drug-likeness (QED) is 0.841. The van der Waals surface area contributed by atoms with Crippen molar-refractivity contribution in [1.82, 2.24) is 14.1 Å². The maximum atomic E-state index is 11.9. The summed E-state index contributed by atoms with van der Waals surface area (Å²) in [5, 5.41) is 2.50. The van der Waals surface area contributed by atoms with Crippen molar-refractivity contribution in [2.24, 2.45) is 0 Å². The molecular formula is C10H12N4O2S. The molecule has 0 radical (unpaired) electrons. The van der Waals surface area contributed by atoms with Crippen LogP contribution in [0.25, 0.3) is 0 Å². The molecule has 17 heavy (non-hydrogen) atoms. The molecule has 0 aromatic carbocycles. The lowest BCUT2D eigenvalue weighted by molar-refractivity contribution is 0.602. The lowest BCUT2D eigenvalue weighted by Crippen LogP contribution is -2.40. The van der Waals surface area contributed by atoms with Crippen LogP contribution in [0.3, 0.4) is 0 Å². The van der Waals surface area contributed by atoms with Crippen molar-refractivity contribution in [1.29, 1.82) is 0 Å². The molecule has 2 aromatic rings. The Morgan fingerprint density at radius 3 is 2.82 bits per heavy atom. The number of hydrogen-bond acceptors (Lipinski definition) is 5. The van der Waals surface area contributed by atoms with Gasteiger partial charge in [-0.2, -0.15) is 0 Å². The molecule has 0 aliphatic carbocycles. The zero-order valence-electron chi connectivity index (χ0n) is 9.29. The van der Waals surface area contributed by atoms with E-state index in [0.717, 1.165) is 4.57 Å². The first kappa shape index (κ1) is 11.6. The van der Waals surface area contributed by atoms with Crippen molar-refractivity contribution in [3.63, 3.8) is 0 Å². The Morgan fingerprint density at radius 1 is 1.47 bits per heavy atom. The Labute approximate surface area is 101 Å². The molecule has 0 aliphatic rings. The maximum absolute atomic E-state index is 11.9. The van der Waals surface area contributed by atoms with Gasteiger partial charge in [0.15, 0.2) is 0 Å². The first-order valence-electron chi connectivity index (χ1n) is 5.11. The van der Waals surface area contributed by atoms with Crippen LogP contribution in [0.2, 0.25) is 0 Å². The first-order valence-corrected chi connectivity index (χ1v) is 5.99. The highest BCUT2D eigenvalue weighted by molar-refractivity contribution is 7.09. The minimum Gasteiger partial charge on any atom is -0.393 e. The van der Waals surface area contributed by atoms with Crippen LogP contribution in [-0.4, -0.2) is 14.1 Å². The second kappa shape index (κ2) is 4.54. The predicted molar refractivity (Wildman–Crippen MR) is 66.3 cm³/mol. The Balaban J connectivity index is 2.56. The zero-order chi connectivity index (χ0) is 12.4. The molecule has 0 saturated carbocycles. The molecule has 0 amide bonds. The Bertz CT molecular complexity index is 627. The van der Waals surface area contributed by atoms with Gasteiger partial charge in [0.2, 0.25) is 0 Å². The highest BCUT2D eigenvalue weighted by atomic mass is 32.1. The van der Waals surface area contributed by atoms with Crippen LogP contribution in [0.15, 0.2) is 27.4 Å². The zero-order valence-corrected chi connectivity index (χ0v) is 10.1. The summed E-state index contributed by atoms with van der Waals surface area (Å²) in [5.74, 6) is 0. The highest BCUT2D eigenvalue weighted by Gasteiger charge is 2.09. The molecule has 2 N–H and O–H groups in total. The number of aryl methyl sites for hydroxylation is 1. The smallest absolute Gasteiger partial charge is 0.331 e. The maximum Gasteiger partial charge on any atom is 0.331 e. The number of anilines is 1. The molecule has 0 saturated heterocycles. The van der Waals surface area contributed by atoms with Crippen LogP contribution in [0, 0.1) is 0 Å². The Morgan fingerprint density at radius 2 is 2.24 bits per heavy atom. The third-order valence-corrected chi connectivity index (χ3v) is 3.15. The van der Waals surface area contributed by atoms with Gasteiger partial charge in [-0.1, -0.05) is 0 Å². The Kier molecular flexibility index (Phi) is 3.10. The summed E-state index contributed by atoms with van der Waals surface area (Å²) >= 11 is 1.39. The lowest BCUT2D eigenvalue weighted by atomic mass is 10.5. The van der Waals surface area contributed by atoms with Gasteiger partial charge in [-0.3, -0.25) is 13.9 Å². The van der Waals surface area contributed by atoms with E-state index in [9.17, 15) is 9.59 Å². The summed E-state index contributed by atoms with van der Waals surface area (Å²) < 4.78 is 2.52. The molecule has 0 bridgehead atoms. The molecule has 0 fully saturated rings. The fraction of sp³-hybridized carbons (Fsp3) is 0.300. The number of thiazole rings is 1. The van der Waals surface area contributed by atoms with Gasteiger partial charge in [0.25, 0.3) is 5.56 Å². The number of rotatable bonds is 3. The van der Waals surface area contributed by atoms with E-state index in [-0.39, 0.29) is 17.9 Å². The number of hydrogen-bond donors (Lipinski definition) is 1. The van der Waals surface area contributed by atoms with E-state index in [1.165, 1.54) is 22.1 Å². The largest absolute Gasteiger partial charge is 0.393 e. The topological polar surface area (TPSA) is 82.9 Å². The second-order valence-electron chi connectivity index (χ2n) is 3.47. The van der Waals surface area contributed by atoms with Gasteiger partial charge in [0.05, 0.1) is 6.54 Å². The first-order chi connectivity index (χ1) is 8.13. The summed E-state index contributed by atoms with van der Waals surface area (Å²) in [5.41, 5.74) is 4.83. The van der Waals surface area contributed by atoms with E-state index in [4.69, 9.17) is 5.73 Å². The molecule has 0 unspecified atom stereocenters. The van der Waals surface area contributed by atoms with E-state index in [1.807, 2.05) is 6.92 Å². The van der Waals surface area contributed by atoms with E-state index in [2.05, 4.69) is 4.98 Å². The normalized spacial score (nSPS) is 10.6. The number of nitrogens with two attached hydrogens (primary N) is 1. The summed E-state index contributed by atoms with van der Waals surface area (Å²) in [6.45, 7) is 2.46. The van der Waals surface area contributed by atoms with Gasteiger partial charge in [0.1, 0.15) is 10.7 Å². The minimum atomic E-state index is -0.463. The summed E-state index contributed by atoms with van der Waals surface area (Å²) in [4.78, 5) is 27.8. The van der Waals surface area contributed by atoms with E-state index in [0.29, 0.717) is 11.6 Å². The molecule has 2 aromatic heterocycles.